The van der Waals surface area contributed by atoms with Gasteiger partial charge in [0.1, 0.15) is 12.1 Å². The number of aliphatic hydroxyl groups is 2. The summed E-state index contributed by atoms with van der Waals surface area (Å²) >= 11 is 0. The molecule has 0 amide bonds. The molecule has 2 aliphatic rings. The van der Waals surface area contributed by atoms with Gasteiger partial charge in [-0.3, -0.25) is 9.59 Å². The van der Waals surface area contributed by atoms with Crippen molar-refractivity contribution >= 4 is 69.2 Å². The zero-order chi connectivity index (χ0) is 36.0. The number of aliphatic hydroxyl groups excluding tert-OH is 2. The van der Waals surface area contributed by atoms with E-state index in [2.05, 4.69) is 19.9 Å². The predicted octanol–water partition coefficient (Wildman–Crippen LogP) is 1.74. The standard InChI is InChI=1S/C24H18N4O4.2C4H9NO3/c1-11-3-13-5-14-4-12(2)20(26-14)9-16-7-18(24(31)32)22(28-16)10-21-17(23(29)30)6-15(27-21)8-19(11)25-13;2*1-2(6)3(5)4(7)8/h3-10,25-26H,1-2H3,(H,29,30)(H,31,32);2*2-3,6H,5H2,1H3,(H,7,8)/t;2*2-,3+/m.11/s1. The largest absolute Gasteiger partial charge is 0.480 e. The molecule has 48 heavy (non-hydrogen) atoms. The molecule has 0 spiro atoms. The summed E-state index contributed by atoms with van der Waals surface area (Å²) in [5, 5.41) is 52.4. The van der Waals surface area contributed by atoms with Crippen LogP contribution < -0.4 is 11.5 Å². The maximum atomic E-state index is 11.8. The first kappa shape index (κ1) is 36.8. The maximum Gasteiger partial charge on any atom is 0.337 e. The van der Waals surface area contributed by atoms with Gasteiger partial charge in [-0.15, -0.1) is 0 Å². The van der Waals surface area contributed by atoms with Crippen molar-refractivity contribution in [2.24, 2.45) is 11.5 Å². The Morgan fingerprint density at radius 1 is 0.625 bits per heavy atom. The molecule has 2 aliphatic heterocycles. The minimum atomic E-state index is -1.18. The van der Waals surface area contributed by atoms with Gasteiger partial charge in [-0.2, -0.15) is 0 Å². The van der Waals surface area contributed by atoms with E-state index in [0.717, 1.165) is 33.2 Å². The van der Waals surface area contributed by atoms with Crippen LogP contribution in [0, 0.1) is 13.8 Å². The van der Waals surface area contributed by atoms with Gasteiger partial charge in [-0.1, -0.05) is 0 Å². The molecule has 5 heterocycles. The summed E-state index contributed by atoms with van der Waals surface area (Å²) < 4.78 is 0. The summed E-state index contributed by atoms with van der Waals surface area (Å²) in [6.45, 7) is 6.57. The Hall–Kier alpha value is -5.68. The monoisotopic (exact) mass is 664 g/mol. The number of carbonyl (C=O) groups is 4. The second-order valence-corrected chi connectivity index (χ2v) is 11.0. The third-order valence-electron chi connectivity index (χ3n) is 7.03. The number of nitrogens with one attached hydrogen (secondary N) is 2. The van der Waals surface area contributed by atoms with Gasteiger partial charge in [-0.25, -0.2) is 19.6 Å². The number of rotatable bonds is 6. The lowest BCUT2D eigenvalue weighted by atomic mass is 10.1. The lowest BCUT2D eigenvalue weighted by Gasteiger charge is -2.07. The number of aryl methyl sites for hydroxylation is 2. The van der Waals surface area contributed by atoms with Crippen LogP contribution in [0.1, 0.15) is 47.8 Å². The molecule has 0 unspecified atom stereocenters. The quantitative estimate of drug-likeness (QED) is 0.180. The topological polar surface area (TPSA) is 299 Å². The molecule has 4 atom stereocenters. The van der Waals surface area contributed by atoms with Gasteiger partial charge >= 0.3 is 23.9 Å². The fraction of sp³-hybridized carbons (Fsp3) is 0.250. The number of H-pyrrole nitrogens is 2. The summed E-state index contributed by atoms with van der Waals surface area (Å²) in [5.41, 5.74) is 16.3. The van der Waals surface area contributed by atoms with Gasteiger partial charge in [0.25, 0.3) is 0 Å². The van der Waals surface area contributed by atoms with Gasteiger partial charge in [0.15, 0.2) is 0 Å². The lowest BCUT2D eigenvalue weighted by molar-refractivity contribution is -0.141. The fourth-order valence-corrected chi connectivity index (χ4v) is 4.28. The van der Waals surface area contributed by atoms with Crippen molar-refractivity contribution in [2.75, 3.05) is 0 Å². The highest BCUT2D eigenvalue weighted by Gasteiger charge is 2.22. The molecule has 0 radical (unpaired) electrons. The molecular formula is C32H36N6O10. The van der Waals surface area contributed by atoms with Crippen molar-refractivity contribution in [3.05, 3.63) is 70.3 Å². The molecule has 5 rings (SSSR count). The van der Waals surface area contributed by atoms with Crippen LogP contribution in [0.2, 0.25) is 0 Å². The third kappa shape index (κ3) is 9.20. The number of hydrogen-bond acceptors (Lipinski definition) is 10. The summed E-state index contributed by atoms with van der Waals surface area (Å²) in [4.78, 5) is 58.8. The average molecular weight is 665 g/mol. The molecule has 0 saturated heterocycles. The van der Waals surface area contributed by atoms with E-state index in [1.165, 1.54) is 32.1 Å². The molecule has 0 aliphatic carbocycles. The van der Waals surface area contributed by atoms with E-state index in [1.807, 2.05) is 32.0 Å². The van der Waals surface area contributed by atoms with E-state index in [0.29, 0.717) is 11.4 Å². The molecular weight excluding hydrogens is 628 g/mol. The third-order valence-corrected chi connectivity index (χ3v) is 7.03. The molecule has 16 heteroatoms. The molecule has 0 fully saturated rings. The van der Waals surface area contributed by atoms with E-state index in [9.17, 15) is 29.4 Å². The maximum absolute atomic E-state index is 11.8. The minimum absolute atomic E-state index is 0.0224. The first-order chi connectivity index (χ1) is 22.4. The van der Waals surface area contributed by atoms with Crippen LogP contribution in [0.25, 0.3) is 45.4 Å². The van der Waals surface area contributed by atoms with Gasteiger partial charge in [0.05, 0.1) is 46.1 Å². The zero-order valence-corrected chi connectivity index (χ0v) is 26.3. The normalized spacial score (nSPS) is 14.4. The van der Waals surface area contributed by atoms with Crippen LogP contribution >= 0.6 is 0 Å². The van der Waals surface area contributed by atoms with Crippen LogP contribution in [0.15, 0.2) is 36.4 Å². The number of aliphatic carboxylic acids is 4. The average Bonchev–Trinajstić information content (AvgIpc) is 3.75. The summed E-state index contributed by atoms with van der Waals surface area (Å²) in [5.74, 6) is -4.66. The molecule has 16 nitrogen and oxygen atoms in total. The Labute approximate surface area is 272 Å². The van der Waals surface area contributed by atoms with Crippen LogP contribution in [-0.4, -0.2) is 98.7 Å². The number of carboxylic acids is 4. The molecule has 3 aromatic heterocycles. The van der Waals surface area contributed by atoms with E-state index in [-0.39, 0.29) is 22.5 Å². The smallest absolute Gasteiger partial charge is 0.337 e. The number of hydrogen-bond donors (Lipinski definition) is 10. The van der Waals surface area contributed by atoms with E-state index < -0.39 is 48.2 Å². The van der Waals surface area contributed by atoms with Gasteiger partial charge in [0.2, 0.25) is 0 Å². The van der Waals surface area contributed by atoms with Crippen molar-refractivity contribution < 1.29 is 49.8 Å². The Morgan fingerprint density at radius 3 is 1.25 bits per heavy atom. The van der Waals surface area contributed by atoms with E-state index >= 15 is 0 Å². The number of nitrogens with zero attached hydrogens (tertiary/aromatic N) is 2. The van der Waals surface area contributed by atoms with Crippen LogP contribution in [0.3, 0.4) is 0 Å². The summed E-state index contributed by atoms with van der Waals surface area (Å²) in [6.07, 6.45) is 0.971. The molecule has 12 N–H and O–H groups in total. The first-order valence-electron chi connectivity index (χ1n) is 14.3. The summed E-state index contributed by atoms with van der Waals surface area (Å²) in [6, 6.07) is 8.59. The highest BCUT2D eigenvalue weighted by atomic mass is 16.4. The van der Waals surface area contributed by atoms with Gasteiger partial charge < -0.3 is 52.1 Å². The lowest BCUT2D eigenvalue weighted by Crippen LogP contribution is -2.39. The first-order valence-corrected chi connectivity index (χ1v) is 14.3. The van der Waals surface area contributed by atoms with Crippen LogP contribution in [-0.2, 0) is 19.2 Å². The number of aromatic nitrogens is 4. The number of aromatic amines is 2. The Bertz CT molecular complexity index is 1840. The fourth-order valence-electron chi connectivity index (χ4n) is 4.28. The number of fused-ring (bicyclic) bond motifs is 8. The molecule has 3 aromatic rings. The molecule has 0 saturated carbocycles. The van der Waals surface area contributed by atoms with E-state index in [4.69, 9.17) is 31.9 Å². The molecule has 0 aromatic carbocycles. The molecule has 8 bridgehead atoms. The van der Waals surface area contributed by atoms with Crippen molar-refractivity contribution in [1.29, 1.82) is 0 Å². The Kier molecular flexibility index (Phi) is 11.7. The van der Waals surface area contributed by atoms with Crippen molar-refractivity contribution in [3.63, 3.8) is 0 Å². The highest BCUT2D eigenvalue weighted by Crippen LogP contribution is 2.27. The van der Waals surface area contributed by atoms with E-state index in [1.54, 1.807) is 12.1 Å². The Balaban J connectivity index is 0.000000325. The minimum Gasteiger partial charge on any atom is -0.480 e. The second kappa shape index (κ2) is 15.3. The number of carboxylic acid groups (broad SMARTS) is 4. The Morgan fingerprint density at radius 2 is 0.979 bits per heavy atom. The van der Waals surface area contributed by atoms with Gasteiger partial charge in [-0.05, 0) is 87.4 Å². The second-order valence-electron chi connectivity index (χ2n) is 11.0. The van der Waals surface area contributed by atoms with Crippen molar-refractivity contribution in [2.45, 2.75) is 52.0 Å². The van der Waals surface area contributed by atoms with Crippen LogP contribution in [0.4, 0.5) is 0 Å². The highest BCUT2D eigenvalue weighted by molar-refractivity contribution is 6.23. The zero-order valence-electron chi connectivity index (χ0n) is 26.3. The number of nitrogens with two attached hydrogens (primary N) is 2. The summed E-state index contributed by atoms with van der Waals surface area (Å²) in [7, 11) is 0. The van der Waals surface area contributed by atoms with Crippen LogP contribution in [0.5, 0.6) is 0 Å². The van der Waals surface area contributed by atoms with Gasteiger partial charge in [0, 0.05) is 22.1 Å². The van der Waals surface area contributed by atoms with Crippen molar-refractivity contribution in [1.82, 2.24) is 19.9 Å². The molecule has 254 valence electrons. The predicted molar refractivity (Wildman–Crippen MR) is 176 cm³/mol. The SMILES string of the molecule is C[C@@H](O)[C@H](N)C(=O)O.C[C@@H](O)[C@H](N)C(=O)O.Cc1cc2cc3cc(C)c(cc4nc(cc5nc(cc1[nH]2)C=C5C(=O)O)C(C(=O)O)=C4)[nH]3. The van der Waals surface area contributed by atoms with Crippen molar-refractivity contribution in [3.8, 4) is 0 Å².